The second-order valence-electron chi connectivity index (χ2n) is 9.48. The number of anilines is 1. The first-order chi connectivity index (χ1) is 19.0. The number of nitrogens with zero attached hydrogens (tertiary/aromatic N) is 2. The van der Waals surface area contributed by atoms with Crippen LogP contribution >= 0.6 is 11.3 Å². The zero-order chi connectivity index (χ0) is 27.2. The number of carbonyl (C=O) groups excluding carboxylic acids is 2. The quantitative estimate of drug-likeness (QED) is 0.285. The van der Waals surface area contributed by atoms with Crippen LogP contribution in [0.2, 0.25) is 0 Å². The third-order valence-electron chi connectivity index (χ3n) is 6.87. The summed E-state index contributed by atoms with van der Waals surface area (Å²) in [5.74, 6) is 1.29. The van der Waals surface area contributed by atoms with E-state index >= 15 is 0 Å². The number of likely N-dealkylation sites (tertiary alicyclic amines) is 1. The highest BCUT2D eigenvalue weighted by Crippen LogP contribution is 2.33. The lowest BCUT2D eigenvalue weighted by Crippen LogP contribution is -2.44. The lowest BCUT2D eigenvalue weighted by molar-refractivity contribution is -0.139. The molecule has 39 heavy (non-hydrogen) atoms. The van der Waals surface area contributed by atoms with Crippen LogP contribution in [-0.4, -0.2) is 48.0 Å². The molecular weight excluding hydrogens is 510 g/mol. The first-order valence-corrected chi connectivity index (χ1v) is 13.9. The molecule has 5 rings (SSSR count). The summed E-state index contributed by atoms with van der Waals surface area (Å²) in [6.07, 6.45) is 1.05. The maximum Gasteiger partial charge on any atom is 0.275 e. The highest BCUT2D eigenvalue weighted by Gasteiger charge is 2.29. The monoisotopic (exact) mass is 541 g/mol. The minimum atomic E-state index is -0.545. The second kappa shape index (κ2) is 12.1. The standard InChI is InChI=1S/C31H31N3O4S/c1-21(38-24-11-7-4-8-12-24)31(36)34-17-15-23(16-18-34)30-33-28(20-39-30)29(35)32-27-19-25(37-2)13-14-26(27)22-9-5-3-6-10-22/h3-14,19-21,23H,15-18H2,1-2H3,(H,32,35). The molecular formula is C31H31N3O4S. The van der Waals surface area contributed by atoms with E-state index in [9.17, 15) is 9.59 Å². The number of amides is 2. The van der Waals surface area contributed by atoms with Gasteiger partial charge in [0, 0.05) is 36.0 Å². The van der Waals surface area contributed by atoms with Crippen molar-refractivity contribution in [2.45, 2.75) is 31.8 Å². The highest BCUT2D eigenvalue weighted by molar-refractivity contribution is 7.10. The number of thiazole rings is 1. The van der Waals surface area contributed by atoms with Gasteiger partial charge in [0.25, 0.3) is 11.8 Å². The Kier molecular flexibility index (Phi) is 8.22. The molecule has 1 N–H and O–H groups in total. The van der Waals surface area contributed by atoms with E-state index in [-0.39, 0.29) is 17.7 Å². The smallest absolute Gasteiger partial charge is 0.275 e. The van der Waals surface area contributed by atoms with Crippen molar-refractivity contribution < 1.29 is 19.1 Å². The fourth-order valence-electron chi connectivity index (χ4n) is 4.75. The van der Waals surface area contributed by atoms with Gasteiger partial charge in [0.1, 0.15) is 17.2 Å². The second-order valence-corrected chi connectivity index (χ2v) is 10.4. The molecule has 1 saturated heterocycles. The summed E-state index contributed by atoms with van der Waals surface area (Å²) in [6, 6.07) is 24.9. The average molecular weight is 542 g/mol. The van der Waals surface area contributed by atoms with Crippen LogP contribution in [0.25, 0.3) is 11.1 Å². The number of nitrogens with one attached hydrogen (secondary N) is 1. The van der Waals surface area contributed by atoms with Crippen molar-refractivity contribution in [3.8, 4) is 22.6 Å². The number of hydrogen-bond donors (Lipinski definition) is 1. The molecule has 1 fully saturated rings. The Hall–Kier alpha value is -4.17. The van der Waals surface area contributed by atoms with Crippen LogP contribution in [0.1, 0.15) is 41.2 Å². The lowest BCUT2D eigenvalue weighted by Gasteiger charge is -2.32. The van der Waals surface area contributed by atoms with Crippen LogP contribution in [0, 0.1) is 0 Å². The van der Waals surface area contributed by atoms with E-state index in [0.717, 1.165) is 29.0 Å². The number of ether oxygens (including phenoxy) is 2. The van der Waals surface area contributed by atoms with Gasteiger partial charge >= 0.3 is 0 Å². The van der Waals surface area contributed by atoms with E-state index < -0.39 is 6.10 Å². The molecule has 8 heteroatoms. The maximum atomic E-state index is 13.2. The zero-order valence-corrected chi connectivity index (χ0v) is 22.8. The summed E-state index contributed by atoms with van der Waals surface area (Å²) < 4.78 is 11.2. The van der Waals surface area contributed by atoms with Gasteiger partial charge in [-0.15, -0.1) is 11.3 Å². The predicted molar refractivity (Wildman–Crippen MR) is 154 cm³/mol. The van der Waals surface area contributed by atoms with Gasteiger partial charge in [0.05, 0.1) is 17.8 Å². The van der Waals surface area contributed by atoms with Crippen molar-refractivity contribution in [1.29, 1.82) is 0 Å². The van der Waals surface area contributed by atoms with Crippen LogP contribution in [0.5, 0.6) is 11.5 Å². The van der Waals surface area contributed by atoms with Gasteiger partial charge in [0.2, 0.25) is 0 Å². The number of piperidine rings is 1. The molecule has 0 spiro atoms. The van der Waals surface area contributed by atoms with Gasteiger partial charge in [-0.1, -0.05) is 48.5 Å². The fourth-order valence-corrected chi connectivity index (χ4v) is 5.72. The molecule has 0 aliphatic carbocycles. The van der Waals surface area contributed by atoms with E-state index in [1.165, 1.54) is 11.3 Å². The SMILES string of the molecule is COc1ccc(-c2ccccc2)c(NC(=O)c2csc(C3CCN(C(=O)C(C)Oc4ccccc4)CC3)n2)c1. The van der Waals surface area contributed by atoms with Gasteiger partial charge in [-0.3, -0.25) is 9.59 Å². The molecule has 0 bridgehead atoms. The van der Waals surface area contributed by atoms with Gasteiger partial charge in [-0.2, -0.15) is 0 Å². The van der Waals surface area contributed by atoms with Crippen LogP contribution in [0.15, 0.2) is 84.2 Å². The third kappa shape index (κ3) is 6.29. The Morgan fingerprint density at radius 3 is 2.36 bits per heavy atom. The molecule has 1 aliphatic heterocycles. The number of methoxy groups -OCH3 is 1. The Bertz CT molecular complexity index is 1420. The molecule has 2 amide bonds. The predicted octanol–water partition coefficient (Wildman–Crippen LogP) is 6.24. The number of rotatable bonds is 8. The molecule has 200 valence electrons. The Morgan fingerprint density at radius 1 is 0.974 bits per heavy atom. The molecule has 2 heterocycles. The molecule has 0 saturated carbocycles. The minimum absolute atomic E-state index is 0.0102. The van der Waals surface area contributed by atoms with Gasteiger partial charge in [0.15, 0.2) is 6.10 Å². The van der Waals surface area contributed by atoms with Crippen LogP contribution in [-0.2, 0) is 4.79 Å². The maximum absolute atomic E-state index is 13.2. The molecule has 3 aromatic carbocycles. The average Bonchev–Trinajstić information content (AvgIpc) is 3.48. The summed E-state index contributed by atoms with van der Waals surface area (Å²) in [5.41, 5.74) is 2.96. The largest absolute Gasteiger partial charge is 0.497 e. The van der Waals surface area contributed by atoms with E-state index in [4.69, 9.17) is 9.47 Å². The molecule has 4 aromatic rings. The number of carbonyl (C=O) groups is 2. The topological polar surface area (TPSA) is 80.8 Å². The zero-order valence-electron chi connectivity index (χ0n) is 22.0. The molecule has 1 aliphatic rings. The Labute approximate surface area is 232 Å². The van der Waals surface area contributed by atoms with Crippen molar-refractivity contribution in [1.82, 2.24) is 9.88 Å². The summed E-state index contributed by atoms with van der Waals surface area (Å²) in [6.45, 7) is 3.06. The molecule has 7 nitrogen and oxygen atoms in total. The van der Waals surface area contributed by atoms with Gasteiger partial charge in [-0.25, -0.2) is 4.98 Å². The van der Waals surface area contributed by atoms with Crippen molar-refractivity contribution >= 4 is 28.8 Å². The van der Waals surface area contributed by atoms with Crippen LogP contribution in [0.3, 0.4) is 0 Å². The van der Waals surface area contributed by atoms with E-state index in [2.05, 4.69) is 10.3 Å². The van der Waals surface area contributed by atoms with Gasteiger partial charge < -0.3 is 19.7 Å². The van der Waals surface area contributed by atoms with Gasteiger partial charge in [-0.05, 0) is 49.6 Å². The minimum Gasteiger partial charge on any atom is -0.497 e. The summed E-state index contributed by atoms with van der Waals surface area (Å²) in [4.78, 5) is 32.6. The first-order valence-electron chi connectivity index (χ1n) is 13.0. The normalized spacial score (nSPS) is 14.5. The summed E-state index contributed by atoms with van der Waals surface area (Å²) >= 11 is 1.50. The number of para-hydroxylation sites is 1. The highest BCUT2D eigenvalue weighted by atomic mass is 32.1. The number of benzene rings is 3. The molecule has 1 aromatic heterocycles. The fraction of sp³-hybridized carbons (Fsp3) is 0.258. The van der Waals surface area contributed by atoms with E-state index in [0.29, 0.717) is 36.0 Å². The summed E-state index contributed by atoms with van der Waals surface area (Å²) in [5, 5.41) is 5.76. The van der Waals surface area contributed by atoms with Crippen molar-refractivity contribution in [3.63, 3.8) is 0 Å². The molecule has 1 atom stereocenters. The van der Waals surface area contributed by atoms with E-state index in [1.54, 1.807) is 19.4 Å². The van der Waals surface area contributed by atoms with Crippen molar-refractivity contribution in [3.05, 3.63) is 94.9 Å². The third-order valence-corrected chi connectivity index (χ3v) is 7.88. The number of aromatic nitrogens is 1. The van der Waals surface area contributed by atoms with Crippen LogP contribution < -0.4 is 14.8 Å². The van der Waals surface area contributed by atoms with Crippen molar-refractivity contribution in [2.75, 3.05) is 25.5 Å². The van der Waals surface area contributed by atoms with E-state index in [1.807, 2.05) is 83.8 Å². The Morgan fingerprint density at radius 2 is 1.67 bits per heavy atom. The van der Waals surface area contributed by atoms with Crippen LogP contribution in [0.4, 0.5) is 5.69 Å². The number of hydrogen-bond acceptors (Lipinski definition) is 6. The molecule has 0 radical (unpaired) electrons. The summed E-state index contributed by atoms with van der Waals surface area (Å²) in [7, 11) is 1.60. The van der Waals surface area contributed by atoms with Crippen molar-refractivity contribution in [2.24, 2.45) is 0 Å². The molecule has 1 unspecified atom stereocenters. The first kappa shape index (κ1) is 26.4. The Balaban J connectivity index is 1.21. The lowest BCUT2D eigenvalue weighted by atomic mass is 9.97.